The van der Waals surface area contributed by atoms with Crippen LogP contribution in [0.5, 0.6) is 0 Å². The number of hydrogen-bond acceptors (Lipinski definition) is 4. The highest BCUT2D eigenvalue weighted by molar-refractivity contribution is 5.88. The lowest BCUT2D eigenvalue weighted by Gasteiger charge is -2.43. The Labute approximate surface area is 167 Å². The molecule has 1 aliphatic heterocycles. The Morgan fingerprint density at radius 2 is 2.10 bits per heavy atom. The van der Waals surface area contributed by atoms with Crippen molar-refractivity contribution >= 4 is 16.8 Å². The number of nitrogens with one attached hydrogen (secondary N) is 2. The Hall–Kier alpha value is -2.19. The van der Waals surface area contributed by atoms with E-state index in [1.807, 2.05) is 0 Å². The molecule has 1 saturated carbocycles. The number of benzene rings is 1. The van der Waals surface area contributed by atoms with Crippen molar-refractivity contribution in [3.63, 3.8) is 0 Å². The number of carbonyl (C=O) groups excluding carboxylic acids is 1. The number of carbonyl (C=O) groups is 1. The van der Waals surface area contributed by atoms with Crippen molar-refractivity contribution in [2.75, 3.05) is 13.1 Å². The van der Waals surface area contributed by atoms with Gasteiger partial charge in [-0.2, -0.15) is 13.2 Å². The van der Waals surface area contributed by atoms with E-state index in [0.29, 0.717) is 23.9 Å². The van der Waals surface area contributed by atoms with Crippen molar-refractivity contribution in [2.24, 2.45) is 17.6 Å². The molecule has 0 radical (unpaired) electrons. The largest absolute Gasteiger partial charge is 0.418 e. The maximum atomic E-state index is 13.5. The van der Waals surface area contributed by atoms with Crippen LogP contribution in [0.15, 0.2) is 30.5 Å². The van der Waals surface area contributed by atoms with Crippen LogP contribution in [-0.4, -0.2) is 30.0 Å². The molecule has 4 rings (SSSR count). The fraction of sp³-hybridized carbons (Fsp3) is 0.524. The van der Waals surface area contributed by atoms with Gasteiger partial charge in [0.05, 0.1) is 22.7 Å². The van der Waals surface area contributed by atoms with Gasteiger partial charge in [-0.1, -0.05) is 19.1 Å². The predicted octanol–water partition coefficient (Wildman–Crippen LogP) is 2.93. The van der Waals surface area contributed by atoms with E-state index in [1.54, 1.807) is 12.1 Å². The fourth-order valence-electron chi connectivity index (χ4n) is 4.45. The predicted molar refractivity (Wildman–Crippen MR) is 104 cm³/mol. The lowest BCUT2D eigenvalue weighted by atomic mass is 9.77. The standard InChI is InChI=1S/C21H25F3N4O/c1-12-9-20(11-26-10-12,28-19(29)17(25)13-4-5-13)15-6-7-16(21(22,23)24)18-14(15)3-2-8-27-18/h2-3,6-8,12-13,17,26H,4-5,9-11,25H2,1H3,(H,28,29)/t12-,17?,20-/m0/s1. The van der Waals surface area contributed by atoms with Gasteiger partial charge in [-0.3, -0.25) is 9.78 Å². The third-order valence-electron chi connectivity index (χ3n) is 6.00. The van der Waals surface area contributed by atoms with Gasteiger partial charge in [0.15, 0.2) is 0 Å². The maximum absolute atomic E-state index is 13.5. The number of piperidine rings is 1. The number of nitrogens with two attached hydrogens (primary N) is 1. The summed E-state index contributed by atoms with van der Waals surface area (Å²) in [4.78, 5) is 16.9. The van der Waals surface area contributed by atoms with Crippen LogP contribution in [0.3, 0.4) is 0 Å². The Morgan fingerprint density at radius 1 is 1.34 bits per heavy atom. The molecule has 0 bridgehead atoms. The summed E-state index contributed by atoms with van der Waals surface area (Å²) in [5.41, 5.74) is 5.04. The van der Waals surface area contributed by atoms with E-state index in [4.69, 9.17) is 5.73 Å². The zero-order valence-corrected chi connectivity index (χ0v) is 16.2. The molecular weight excluding hydrogens is 381 g/mol. The van der Waals surface area contributed by atoms with Gasteiger partial charge in [0.2, 0.25) is 5.91 Å². The van der Waals surface area contributed by atoms with Crippen LogP contribution >= 0.6 is 0 Å². The molecule has 0 spiro atoms. The Morgan fingerprint density at radius 3 is 2.76 bits per heavy atom. The highest BCUT2D eigenvalue weighted by atomic mass is 19.4. The molecule has 1 aliphatic carbocycles. The molecule has 1 unspecified atom stereocenters. The second kappa shape index (κ2) is 7.25. The summed E-state index contributed by atoms with van der Waals surface area (Å²) < 4.78 is 40.6. The number of nitrogens with zero attached hydrogens (tertiary/aromatic N) is 1. The quantitative estimate of drug-likeness (QED) is 0.730. The zero-order valence-electron chi connectivity index (χ0n) is 16.2. The van der Waals surface area contributed by atoms with Gasteiger partial charge >= 0.3 is 6.18 Å². The third kappa shape index (κ3) is 3.83. The SMILES string of the molecule is C[C@@H]1CNC[C@](NC(=O)C(N)C2CC2)(c2ccc(C(F)(F)F)c3ncccc23)C1. The highest BCUT2D eigenvalue weighted by Gasteiger charge is 2.43. The molecule has 29 heavy (non-hydrogen) atoms. The Bertz CT molecular complexity index is 928. The first-order valence-electron chi connectivity index (χ1n) is 9.95. The number of fused-ring (bicyclic) bond motifs is 1. The van der Waals surface area contributed by atoms with E-state index in [2.05, 4.69) is 22.5 Å². The Kier molecular flexibility index (Phi) is 5.02. The number of halogens is 3. The summed E-state index contributed by atoms with van der Waals surface area (Å²) >= 11 is 0. The van der Waals surface area contributed by atoms with Crippen LogP contribution in [0.1, 0.15) is 37.3 Å². The minimum absolute atomic E-state index is 0.101. The second-order valence-electron chi connectivity index (χ2n) is 8.43. The van der Waals surface area contributed by atoms with Crippen LogP contribution in [-0.2, 0) is 16.5 Å². The van der Waals surface area contributed by atoms with Crippen molar-refractivity contribution in [1.29, 1.82) is 0 Å². The molecule has 1 amide bonds. The number of rotatable bonds is 4. The number of alkyl halides is 3. The van der Waals surface area contributed by atoms with Crippen molar-refractivity contribution in [3.05, 3.63) is 41.6 Å². The van der Waals surface area contributed by atoms with E-state index in [1.165, 1.54) is 12.3 Å². The van der Waals surface area contributed by atoms with Crippen molar-refractivity contribution in [3.8, 4) is 0 Å². The van der Waals surface area contributed by atoms with E-state index in [9.17, 15) is 18.0 Å². The minimum atomic E-state index is -4.51. The highest BCUT2D eigenvalue weighted by Crippen LogP contribution is 2.41. The van der Waals surface area contributed by atoms with Crippen molar-refractivity contribution in [2.45, 2.75) is 43.9 Å². The lowest BCUT2D eigenvalue weighted by Crippen LogP contribution is -2.60. The van der Waals surface area contributed by atoms with Crippen molar-refractivity contribution in [1.82, 2.24) is 15.6 Å². The van der Waals surface area contributed by atoms with Gasteiger partial charge in [0, 0.05) is 18.1 Å². The summed E-state index contributed by atoms with van der Waals surface area (Å²) in [6.45, 7) is 3.26. The normalized spacial score (nSPS) is 26.3. The molecule has 8 heteroatoms. The van der Waals surface area contributed by atoms with Crippen LogP contribution in [0, 0.1) is 11.8 Å². The molecule has 3 atom stereocenters. The number of amides is 1. The molecule has 4 N–H and O–H groups in total. The topological polar surface area (TPSA) is 80.0 Å². The maximum Gasteiger partial charge on any atom is 0.418 e. The summed E-state index contributed by atoms with van der Waals surface area (Å²) in [7, 11) is 0. The smallest absolute Gasteiger partial charge is 0.344 e. The lowest BCUT2D eigenvalue weighted by molar-refractivity contribution is -0.136. The Balaban J connectivity index is 1.83. The van der Waals surface area contributed by atoms with E-state index >= 15 is 0 Å². The minimum Gasteiger partial charge on any atom is -0.344 e. The molecule has 5 nitrogen and oxygen atoms in total. The van der Waals surface area contributed by atoms with E-state index < -0.39 is 23.3 Å². The molecular formula is C21H25F3N4O. The van der Waals surface area contributed by atoms with Crippen LogP contribution in [0.25, 0.3) is 10.9 Å². The average Bonchev–Trinajstić information content (AvgIpc) is 3.51. The summed E-state index contributed by atoms with van der Waals surface area (Å²) in [5.74, 6) is 0.169. The van der Waals surface area contributed by atoms with Crippen LogP contribution in [0.4, 0.5) is 13.2 Å². The number of aromatic nitrogens is 1. The summed E-state index contributed by atoms with van der Waals surface area (Å²) in [6.07, 6.45) is -0.670. The van der Waals surface area contributed by atoms with Crippen molar-refractivity contribution < 1.29 is 18.0 Å². The fourth-order valence-corrected chi connectivity index (χ4v) is 4.45. The number of hydrogen-bond donors (Lipinski definition) is 3. The van der Waals surface area contributed by atoms with Gasteiger partial charge in [0.25, 0.3) is 0 Å². The van der Waals surface area contributed by atoms with Crippen LogP contribution in [0.2, 0.25) is 0 Å². The van der Waals surface area contributed by atoms with E-state index in [0.717, 1.165) is 25.5 Å². The van der Waals surface area contributed by atoms with Gasteiger partial charge in [0.1, 0.15) is 0 Å². The van der Waals surface area contributed by atoms with Crippen LogP contribution < -0.4 is 16.4 Å². The first-order chi connectivity index (χ1) is 13.7. The van der Waals surface area contributed by atoms with Gasteiger partial charge in [-0.15, -0.1) is 0 Å². The zero-order chi connectivity index (χ0) is 20.8. The molecule has 1 aromatic heterocycles. The average molecular weight is 406 g/mol. The number of pyridine rings is 1. The first kappa shape index (κ1) is 20.1. The summed E-state index contributed by atoms with van der Waals surface area (Å²) in [6, 6.07) is 5.22. The molecule has 2 heterocycles. The molecule has 2 aliphatic rings. The monoisotopic (exact) mass is 406 g/mol. The summed E-state index contributed by atoms with van der Waals surface area (Å²) in [5, 5.41) is 6.84. The van der Waals surface area contributed by atoms with Gasteiger partial charge in [-0.05, 0) is 55.3 Å². The molecule has 2 fully saturated rings. The van der Waals surface area contributed by atoms with E-state index in [-0.39, 0.29) is 23.3 Å². The second-order valence-corrected chi connectivity index (χ2v) is 8.43. The molecule has 156 valence electrons. The molecule has 1 saturated heterocycles. The van der Waals surface area contributed by atoms with Gasteiger partial charge in [-0.25, -0.2) is 0 Å². The first-order valence-corrected chi connectivity index (χ1v) is 9.95. The van der Waals surface area contributed by atoms with Gasteiger partial charge < -0.3 is 16.4 Å². The molecule has 2 aromatic rings. The third-order valence-corrected chi connectivity index (χ3v) is 6.00. The molecule has 1 aromatic carbocycles.